The van der Waals surface area contributed by atoms with E-state index in [0.717, 1.165) is 12.8 Å². The summed E-state index contributed by atoms with van der Waals surface area (Å²) in [7, 11) is 0. The summed E-state index contributed by atoms with van der Waals surface area (Å²) in [6.45, 7) is 5.23. The van der Waals surface area contributed by atoms with Gasteiger partial charge in [0.15, 0.2) is 5.84 Å². The van der Waals surface area contributed by atoms with E-state index in [-0.39, 0.29) is 12.4 Å². The maximum atomic E-state index is 8.88. The van der Waals surface area contributed by atoms with Gasteiger partial charge in [-0.25, -0.2) is 0 Å². The first-order valence-corrected chi connectivity index (χ1v) is 5.00. The minimum absolute atomic E-state index is 0.0925. The van der Waals surface area contributed by atoms with E-state index in [0.29, 0.717) is 19.1 Å². The van der Waals surface area contributed by atoms with Gasteiger partial charge >= 0.3 is 0 Å². The zero-order chi connectivity index (χ0) is 11.0. The molecule has 5 heteroatoms. The lowest BCUT2D eigenvalue weighted by molar-refractivity contribution is 0.160. The van der Waals surface area contributed by atoms with Gasteiger partial charge in [0.1, 0.15) is 0 Å². The third kappa shape index (κ3) is 4.43. The van der Waals surface area contributed by atoms with Gasteiger partial charge in [-0.2, -0.15) is 0 Å². The Kier molecular flexibility index (Phi) is 7.14. The molecular formula is C9H21N3O2. The molecule has 0 atom stereocenters. The van der Waals surface area contributed by atoms with Crippen molar-refractivity contribution in [2.75, 3.05) is 19.7 Å². The van der Waals surface area contributed by atoms with Crippen LogP contribution in [0.2, 0.25) is 0 Å². The Morgan fingerprint density at radius 1 is 1.43 bits per heavy atom. The number of nitrogens with zero attached hydrogens (tertiary/aromatic N) is 2. The number of aliphatic hydroxyl groups is 1. The third-order valence-electron chi connectivity index (χ3n) is 2.34. The number of aliphatic hydroxyl groups excluding tert-OH is 1. The lowest BCUT2D eigenvalue weighted by atomic mass is 10.1. The van der Waals surface area contributed by atoms with Crippen LogP contribution in [0.25, 0.3) is 0 Å². The van der Waals surface area contributed by atoms with Crippen LogP contribution in [0.5, 0.6) is 0 Å². The Hall–Kier alpha value is -0.810. The minimum Gasteiger partial charge on any atom is -0.409 e. The molecule has 14 heavy (non-hydrogen) atoms. The molecule has 0 bridgehead atoms. The van der Waals surface area contributed by atoms with E-state index in [4.69, 9.17) is 16.0 Å². The van der Waals surface area contributed by atoms with Crippen LogP contribution in [0.4, 0.5) is 0 Å². The van der Waals surface area contributed by atoms with Gasteiger partial charge in [0.25, 0.3) is 0 Å². The van der Waals surface area contributed by atoms with Crippen molar-refractivity contribution in [1.29, 1.82) is 0 Å². The van der Waals surface area contributed by atoms with Crippen LogP contribution in [0, 0.1) is 0 Å². The second-order valence-corrected chi connectivity index (χ2v) is 3.26. The number of nitrogens with two attached hydrogens (primary N) is 1. The topological polar surface area (TPSA) is 82.1 Å². The zero-order valence-corrected chi connectivity index (χ0v) is 8.98. The molecule has 0 aliphatic rings. The quantitative estimate of drug-likeness (QED) is 0.239. The van der Waals surface area contributed by atoms with Gasteiger partial charge in [0, 0.05) is 12.6 Å². The normalized spacial score (nSPS) is 12.8. The standard InChI is InChI=1S/C9H21N3O2/c1-3-8(4-2)12(5-6-13)7-9(10)11-14/h8,13-14H,3-7H2,1-2H3,(H2,10,11). The molecule has 0 aromatic carbocycles. The van der Waals surface area contributed by atoms with E-state index in [1.54, 1.807) is 0 Å². The smallest absolute Gasteiger partial charge is 0.153 e. The molecule has 0 aromatic rings. The number of amidine groups is 1. The first kappa shape index (κ1) is 13.2. The molecular weight excluding hydrogens is 182 g/mol. The molecule has 0 heterocycles. The highest BCUT2D eigenvalue weighted by molar-refractivity contribution is 5.81. The first-order chi connectivity index (χ1) is 6.69. The number of oxime groups is 1. The lowest BCUT2D eigenvalue weighted by Gasteiger charge is -2.28. The summed E-state index contributed by atoms with van der Waals surface area (Å²) in [6.07, 6.45) is 1.99. The molecule has 0 amide bonds. The Balaban J connectivity index is 4.25. The molecule has 0 saturated carbocycles. The fraction of sp³-hybridized carbons (Fsp3) is 0.889. The molecule has 0 aliphatic heterocycles. The van der Waals surface area contributed by atoms with Crippen LogP contribution < -0.4 is 5.73 Å². The van der Waals surface area contributed by atoms with E-state index in [9.17, 15) is 0 Å². The number of rotatable bonds is 7. The van der Waals surface area contributed by atoms with E-state index in [1.165, 1.54) is 0 Å². The zero-order valence-electron chi connectivity index (χ0n) is 8.98. The second kappa shape index (κ2) is 7.58. The number of hydrogen-bond acceptors (Lipinski definition) is 4. The van der Waals surface area contributed by atoms with Crippen molar-refractivity contribution in [2.24, 2.45) is 10.9 Å². The molecule has 0 fully saturated rings. The molecule has 4 N–H and O–H groups in total. The summed E-state index contributed by atoms with van der Waals surface area (Å²) in [4.78, 5) is 2.02. The van der Waals surface area contributed by atoms with Crippen LogP contribution in [0.1, 0.15) is 26.7 Å². The summed E-state index contributed by atoms with van der Waals surface area (Å²) in [5, 5.41) is 20.3. The molecule has 0 saturated heterocycles. The molecule has 0 spiro atoms. The fourth-order valence-corrected chi connectivity index (χ4v) is 1.56. The van der Waals surface area contributed by atoms with Crippen molar-refractivity contribution >= 4 is 5.84 Å². The van der Waals surface area contributed by atoms with Crippen LogP contribution in [0.15, 0.2) is 5.16 Å². The SMILES string of the molecule is CCC(CC)N(CCO)CC(N)=NO. The Bertz CT molecular complexity index is 169. The molecule has 5 nitrogen and oxygen atoms in total. The minimum atomic E-state index is 0.0925. The van der Waals surface area contributed by atoms with Gasteiger partial charge in [-0.1, -0.05) is 19.0 Å². The van der Waals surface area contributed by atoms with Gasteiger partial charge in [-0.05, 0) is 12.8 Å². The van der Waals surface area contributed by atoms with Gasteiger partial charge in [-0.15, -0.1) is 0 Å². The first-order valence-electron chi connectivity index (χ1n) is 5.00. The maximum Gasteiger partial charge on any atom is 0.153 e. The maximum absolute atomic E-state index is 8.88. The second-order valence-electron chi connectivity index (χ2n) is 3.26. The highest BCUT2D eigenvalue weighted by Crippen LogP contribution is 2.07. The van der Waals surface area contributed by atoms with E-state index >= 15 is 0 Å². The lowest BCUT2D eigenvalue weighted by Crippen LogP contribution is -2.42. The van der Waals surface area contributed by atoms with E-state index < -0.39 is 0 Å². The van der Waals surface area contributed by atoms with Crippen molar-refractivity contribution in [2.45, 2.75) is 32.7 Å². The molecule has 0 aliphatic carbocycles. The van der Waals surface area contributed by atoms with Crippen LogP contribution in [0.3, 0.4) is 0 Å². The Labute approximate surface area is 85.2 Å². The van der Waals surface area contributed by atoms with Crippen molar-refractivity contribution < 1.29 is 10.3 Å². The summed E-state index contributed by atoms with van der Waals surface area (Å²) in [6, 6.07) is 0.377. The Morgan fingerprint density at radius 3 is 2.36 bits per heavy atom. The summed E-state index contributed by atoms with van der Waals surface area (Å²) < 4.78 is 0. The average Bonchev–Trinajstić information content (AvgIpc) is 2.19. The van der Waals surface area contributed by atoms with Crippen molar-refractivity contribution in [1.82, 2.24) is 4.90 Å². The number of hydrogen-bond donors (Lipinski definition) is 3. The average molecular weight is 203 g/mol. The molecule has 0 radical (unpaired) electrons. The highest BCUT2D eigenvalue weighted by atomic mass is 16.4. The Morgan fingerprint density at radius 2 is 2.00 bits per heavy atom. The predicted octanol–water partition coefficient (Wildman–Crippen LogP) is 0.216. The fourth-order valence-electron chi connectivity index (χ4n) is 1.56. The largest absolute Gasteiger partial charge is 0.409 e. The van der Waals surface area contributed by atoms with E-state index in [1.807, 2.05) is 4.90 Å². The monoisotopic (exact) mass is 203 g/mol. The summed E-state index contributed by atoms with van der Waals surface area (Å²) in [5.41, 5.74) is 5.43. The van der Waals surface area contributed by atoms with Crippen molar-refractivity contribution in [3.05, 3.63) is 0 Å². The van der Waals surface area contributed by atoms with Crippen LogP contribution in [-0.2, 0) is 0 Å². The predicted molar refractivity (Wildman–Crippen MR) is 56.4 cm³/mol. The van der Waals surface area contributed by atoms with Gasteiger partial charge < -0.3 is 16.0 Å². The highest BCUT2D eigenvalue weighted by Gasteiger charge is 2.15. The molecule has 0 aromatic heterocycles. The van der Waals surface area contributed by atoms with Gasteiger partial charge in [0.2, 0.25) is 0 Å². The van der Waals surface area contributed by atoms with E-state index in [2.05, 4.69) is 19.0 Å². The van der Waals surface area contributed by atoms with Crippen LogP contribution in [-0.4, -0.2) is 46.8 Å². The van der Waals surface area contributed by atoms with Gasteiger partial charge in [-0.3, -0.25) is 4.90 Å². The molecule has 84 valence electrons. The summed E-state index contributed by atoms with van der Waals surface area (Å²) >= 11 is 0. The third-order valence-corrected chi connectivity index (χ3v) is 2.34. The molecule has 0 unspecified atom stereocenters. The summed E-state index contributed by atoms with van der Waals surface area (Å²) in [5.74, 6) is 0.186. The van der Waals surface area contributed by atoms with Crippen molar-refractivity contribution in [3.8, 4) is 0 Å². The van der Waals surface area contributed by atoms with Crippen LogP contribution >= 0.6 is 0 Å². The molecule has 0 rings (SSSR count). The van der Waals surface area contributed by atoms with Gasteiger partial charge in [0.05, 0.1) is 13.2 Å². The van der Waals surface area contributed by atoms with Crippen molar-refractivity contribution in [3.63, 3.8) is 0 Å².